The number of hydrogen-bond acceptors (Lipinski definition) is 6. The second-order valence-corrected chi connectivity index (χ2v) is 6.52. The summed E-state index contributed by atoms with van der Waals surface area (Å²) in [5.74, 6) is -3.24. The van der Waals surface area contributed by atoms with E-state index in [0.717, 1.165) is 16.0 Å². The van der Waals surface area contributed by atoms with E-state index in [1.165, 1.54) is 7.11 Å². The van der Waals surface area contributed by atoms with Crippen LogP contribution >= 0.6 is 0 Å². The normalized spacial score (nSPS) is 31.4. The second kappa shape index (κ2) is 6.24. The molecule has 2 fully saturated rings. The van der Waals surface area contributed by atoms with Crippen LogP contribution in [0.3, 0.4) is 0 Å². The van der Waals surface area contributed by atoms with Crippen molar-refractivity contribution in [3.8, 4) is 0 Å². The van der Waals surface area contributed by atoms with Crippen LogP contribution in [0.1, 0.15) is 24.1 Å². The lowest BCUT2D eigenvalue weighted by atomic mass is 9.79. The van der Waals surface area contributed by atoms with Crippen molar-refractivity contribution in [2.24, 2.45) is 11.8 Å². The first-order chi connectivity index (χ1) is 11.9. The number of hydrogen-bond donors (Lipinski definition) is 2. The van der Waals surface area contributed by atoms with Gasteiger partial charge in [-0.25, -0.2) is 4.79 Å². The van der Waals surface area contributed by atoms with Gasteiger partial charge in [0, 0.05) is 12.6 Å². The molecule has 2 aliphatic heterocycles. The molecule has 4 unspecified atom stereocenters. The van der Waals surface area contributed by atoms with Crippen LogP contribution in [0.15, 0.2) is 24.3 Å². The van der Waals surface area contributed by atoms with Crippen molar-refractivity contribution < 1.29 is 24.2 Å². The van der Waals surface area contributed by atoms with Gasteiger partial charge in [0.25, 0.3) is 0 Å². The molecule has 3 rings (SSSR count). The van der Waals surface area contributed by atoms with Gasteiger partial charge in [0.15, 0.2) is 5.54 Å². The number of carbonyl (C=O) groups is 3. The molecular formula is C18H22N2O5. The summed E-state index contributed by atoms with van der Waals surface area (Å²) in [5, 5.41) is 13.1. The van der Waals surface area contributed by atoms with Crippen LogP contribution in [-0.2, 0) is 19.1 Å². The molecule has 7 heteroatoms. The van der Waals surface area contributed by atoms with Crippen LogP contribution in [0.4, 0.5) is 0 Å². The predicted molar refractivity (Wildman–Crippen MR) is 88.3 cm³/mol. The Labute approximate surface area is 146 Å². The average molecular weight is 346 g/mol. The molecule has 0 saturated carbocycles. The zero-order valence-electron chi connectivity index (χ0n) is 14.5. The molecule has 2 saturated heterocycles. The first kappa shape index (κ1) is 17.6. The quantitative estimate of drug-likeness (QED) is 0.596. The zero-order chi connectivity index (χ0) is 18.4. The Bertz CT molecular complexity index is 734. The lowest BCUT2D eigenvalue weighted by molar-refractivity contribution is -0.156. The third-order valence-electron chi connectivity index (χ3n) is 5.38. The molecule has 2 aliphatic rings. The maximum atomic E-state index is 12.9. The number of amides is 2. The van der Waals surface area contributed by atoms with Gasteiger partial charge < -0.3 is 9.84 Å². The van der Waals surface area contributed by atoms with E-state index in [9.17, 15) is 19.5 Å². The number of methoxy groups -OCH3 is 1. The number of carbonyl (C=O) groups excluding carboxylic acids is 3. The average Bonchev–Trinajstić information content (AvgIpc) is 3.09. The maximum absolute atomic E-state index is 12.9. The number of nitrogens with zero attached hydrogens (tertiary/aromatic N) is 1. The number of benzene rings is 1. The topological polar surface area (TPSA) is 95.9 Å². The Hall–Kier alpha value is -2.25. The summed E-state index contributed by atoms with van der Waals surface area (Å²) >= 11 is 0. The first-order valence-corrected chi connectivity index (χ1v) is 8.30. The lowest BCUT2D eigenvalue weighted by Crippen LogP contribution is -2.58. The van der Waals surface area contributed by atoms with E-state index in [1.54, 1.807) is 6.92 Å². The Morgan fingerprint density at radius 1 is 1.32 bits per heavy atom. The van der Waals surface area contributed by atoms with Gasteiger partial charge in [-0.15, -0.1) is 0 Å². The maximum Gasteiger partial charge on any atom is 0.329 e. The second-order valence-electron chi connectivity index (χ2n) is 6.52. The molecule has 7 nitrogen and oxygen atoms in total. The third-order valence-corrected chi connectivity index (χ3v) is 5.38. The number of imide groups is 1. The molecule has 4 atom stereocenters. The highest BCUT2D eigenvalue weighted by atomic mass is 16.5. The number of ether oxygens (including phenoxy) is 1. The SMILES string of the molecule is CCN1C(=O)C2C(c3ccccc3C)NC(CO)(C(=O)OC)C2C1=O. The minimum absolute atomic E-state index is 0.230. The van der Waals surface area contributed by atoms with E-state index >= 15 is 0 Å². The van der Waals surface area contributed by atoms with Crippen LogP contribution in [0, 0.1) is 18.8 Å². The summed E-state index contributed by atoms with van der Waals surface area (Å²) in [6, 6.07) is 6.94. The van der Waals surface area contributed by atoms with Gasteiger partial charge in [-0.3, -0.25) is 19.8 Å². The molecule has 1 aromatic rings. The number of aliphatic hydroxyl groups is 1. The van der Waals surface area contributed by atoms with Gasteiger partial charge in [0.05, 0.1) is 25.6 Å². The fourth-order valence-corrected chi connectivity index (χ4v) is 4.16. The molecule has 0 bridgehead atoms. The van der Waals surface area contributed by atoms with Crippen LogP contribution in [-0.4, -0.2) is 53.6 Å². The molecule has 0 spiro atoms. The van der Waals surface area contributed by atoms with Crippen LogP contribution in [0.5, 0.6) is 0 Å². The molecule has 2 amide bonds. The van der Waals surface area contributed by atoms with Gasteiger partial charge in [-0.05, 0) is 25.0 Å². The Balaban J connectivity index is 2.17. The Kier molecular flexibility index (Phi) is 4.38. The van der Waals surface area contributed by atoms with E-state index in [1.807, 2.05) is 31.2 Å². The number of nitrogens with one attached hydrogen (secondary N) is 1. The van der Waals surface area contributed by atoms with Crippen LogP contribution in [0.2, 0.25) is 0 Å². The van der Waals surface area contributed by atoms with Crippen molar-refractivity contribution in [1.82, 2.24) is 10.2 Å². The van der Waals surface area contributed by atoms with Gasteiger partial charge in [0.1, 0.15) is 0 Å². The molecule has 25 heavy (non-hydrogen) atoms. The van der Waals surface area contributed by atoms with Crippen molar-refractivity contribution in [2.75, 3.05) is 20.3 Å². The fraction of sp³-hybridized carbons (Fsp3) is 0.500. The molecule has 0 aliphatic carbocycles. The van der Waals surface area contributed by atoms with Gasteiger partial charge in [-0.2, -0.15) is 0 Å². The highest BCUT2D eigenvalue weighted by Gasteiger charge is 2.68. The number of aryl methyl sites for hydroxylation is 1. The smallest absolute Gasteiger partial charge is 0.329 e. The van der Waals surface area contributed by atoms with E-state index in [4.69, 9.17) is 4.74 Å². The molecule has 134 valence electrons. The van der Waals surface area contributed by atoms with Crippen molar-refractivity contribution >= 4 is 17.8 Å². The minimum Gasteiger partial charge on any atom is -0.468 e. The van der Waals surface area contributed by atoms with E-state index in [2.05, 4.69) is 5.32 Å². The van der Waals surface area contributed by atoms with Crippen LogP contribution in [0.25, 0.3) is 0 Å². The van der Waals surface area contributed by atoms with Gasteiger partial charge >= 0.3 is 5.97 Å². The number of rotatable bonds is 4. The fourth-order valence-electron chi connectivity index (χ4n) is 4.16. The summed E-state index contributed by atoms with van der Waals surface area (Å²) in [4.78, 5) is 39.4. The van der Waals surface area contributed by atoms with Crippen molar-refractivity contribution in [3.05, 3.63) is 35.4 Å². The van der Waals surface area contributed by atoms with E-state index < -0.39 is 41.9 Å². The standard InChI is InChI=1S/C18H22N2O5/c1-4-20-15(22)12-13(16(20)23)18(9-21,17(24)25-3)19-14(12)11-8-6-5-7-10(11)2/h5-8,12-14,19,21H,4,9H2,1-3H3. The largest absolute Gasteiger partial charge is 0.468 e. The van der Waals surface area contributed by atoms with E-state index in [0.29, 0.717) is 0 Å². The highest BCUT2D eigenvalue weighted by molar-refractivity contribution is 6.09. The summed E-state index contributed by atoms with van der Waals surface area (Å²) < 4.78 is 4.86. The van der Waals surface area contributed by atoms with Gasteiger partial charge in [-0.1, -0.05) is 24.3 Å². The Morgan fingerprint density at radius 2 is 2.00 bits per heavy atom. The number of likely N-dealkylation sites (tertiary alicyclic amines) is 1. The summed E-state index contributed by atoms with van der Waals surface area (Å²) in [6.07, 6.45) is 0. The highest BCUT2D eigenvalue weighted by Crippen LogP contribution is 2.49. The lowest BCUT2D eigenvalue weighted by Gasteiger charge is -2.30. The van der Waals surface area contributed by atoms with Gasteiger partial charge in [0.2, 0.25) is 11.8 Å². The Morgan fingerprint density at radius 3 is 2.56 bits per heavy atom. The van der Waals surface area contributed by atoms with Crippen molar-refractivity contribution in [3.63, 3.8) is 0 Å². The van der Waals surface area contributed by atoms with Crippen LogP contribution < -0.4 is 5.32 Å². The molecule has 2 heterocycles. The minimum atomic E-state index is -1.62. The third kappa shape index (κ3) is 2.30. The first-order valence-electron chi connectivity index (χ1n) is 8.30. The number of esters is 1. The van der Waals surface area contributed by atoms with Crippen molar-refractivity contribution in [2.45, 2.75) is 25.4 Å². The predicted octanol–water partition coefficient (Wildman–Crippen LogP) is 0.165. The molecule has 0 radical (unpaired) electrons. The monoisotopic (exact) mass is 346 g/mol. The van der Waals surface area contributed by atoms with E-state index in [-0.39, 0.29) is 12.5 Å². The number of aliphatic hydroxyl groups excluding tert-OH is 1. The van der Waals surface area contributed by atoms with Crippen molar-refractivity contribution in [1.29, 1.82) is 0 Å². The molecule has 1 aromatic carbocycles. The summed E-state index contributed by atoms with van der Waals surface area (Å²) in [7, 11) is 1.20. The summed E-state index contributed by atoms with van der Waals surface area (Å²) in [5.41, 5.74) is 0.145. The molecule has 0 aromatic heterocycles. The molecular weight excluding hydrogens is 324 g/mol. The summed E-state index contributed by atoms with van der Waals surface area (Å²) in [6.45, 7) is 3.22. The molecule has 2 N–H and O–H groups in total. The zero-order valence-corrected chi connectivity index (χ0v) is 14.5. The number of fused-ring (bicyclic) bond motifs is 1.